The van der Waals surface area contributed by atoms with Gasteiger partial charge in [-0.2, -0.15) is 0 Å². The van der Waals surface area contributed by atoms with E-state index < -0.39 is 11.4 Å². The smallest absolute Gasteiger partial charge is 0.337 e. The average Bonchev–Trinajstić information content (AvgIpc) is 3.02. The minimum Gasteiger partial charge on any atom is -0.489 e. The van der Waals surface area contributed by atoms with Gasteiger partial charge in [0.15, 0.2) is 0 Å². The number of hydrogen-bond acceptors (Lipinski definition) is 7. The number of carbonyl (C=O) groups excluding carboxylic acids is 3. The first kappa shape index (κ1) is 31.1. The number of hydrogen-bond donors (Lipinski definition) is 2. The molecule has 10 heteroatoms. The lowest BCUT2D eigenvalue weighted by Gasteiger charge is -2.60. The van der Waals surface area contributed by atoms with Gasteiger partial charge in [-0.3, -0.25) is 19.3 Å². The summed E-state index contributed by atoms with van der Waals surface area (Å²) >= 11 is 0. The van der Waals surface area contributed by atoms with Crippen molar-refractivity contribution < 1.29 is 33.8 Å². The molecule has 7 rings (SSSR count). The summed E-state index contributed by atoms with van der Waals surface area (Å²) in [6.45, 7) is 3.63. The van der Waals surface area contributed by atoms with E-state index in [-0.39, 0.29) is 29.7 Å². The summed E-state index contributed by atoms with van der Waals surface area (Å²) in [6, 6.07) is 15.1. The average molecular weight is 618 g/mol. The van der Waals surface area contributed by atoms with E-state index >= 15 is 0 Å². The van der Waals surface area contributed by atoms with Gasteiger partial charge in [0.2, 0.25) is 11.8 Å². The highest BCUT2D eigenvalue weighted by atomic mass is 16.5. The van der Waals surface area contributed by atoms with E-state index in [0.29, 0.717) is 69.6 Å². The second-order valence-electron chi connectivity index (χ2n) is 13.7. The molecule has 2 amide bonds. The summed E-state index contributed by atoms with van der Waals surface area (Å²) in [6.07, 6.45) is 5.36. The van der Waals surface area contributed by atoms with Crippen LogP contribution in [0.3, 0.4) is 0 Å². The molecule has 5 aliphatic rings. The SMILES string of the molecule is COC(=O)c1ccc(COc2ccccc2CN2CCN(C(=O)CNC(=O)C[C@@]34C[C@H]5C[C@@H](C3)C[C@](C(=O)O)(C5)C4)CC2)cc1. The molecule has 4 aliphatic carbocycles. The molecule has 2 aromatic carbocycles. The van der Waals surface area contributed by atoms with Crippen molar-refractivity contribution >= 4 is 23.8 Å². The van der Waals surface area contributed by atoms with Crippen molar-refractivity contribution in [3.8, 4) is 5.75 Å². The number of benzene rings is 2. The number of carbonyl (C=O) groups is 4. The molecule has 4 atom stereocenters. The Kier molecular flexibility index (Phi) is 8.86. The van der Waals surface area contributed by atoms with Crippen LogP contribution >= 0.6 is 0 Å². The molecule has 2 N–H and O–H groups in total. The van der Waals surface area contributed by atoms with E-state index in [0.717, 1.165) is 49.0 Å². The van der Waals surface area contributed by atoms with E-state index in [1.807, 2.05) is 36.4 Å². The zero-order chi connectivity index (χ0) is 31.6. The van der Waals surface area contributed by atoms with E-state index in [1.165, 1.54) is 7.11 Å². The predicted molar refractivity (Wildman–Crippen MR) is 165 cm³/mol. The first-order chi connectivity index (χ1) is 21.7. The number of amides is 2. The maximum atomic E-state index is 13.0. The summed E-state index contributed by atoms with van der Waals surface area (Å²) in [7, 11) is 1.36. The second kappa shape index (κ2) is 12.8. The van der Waals surface area contributed by atoms with Crippen LogP contribution in [0.25, 0.3) is 0 Å². The molecule has 0 spiro atoms. The number of carboxylic acids is 1. The summed E-state index contributed by atoms with van der Waals surface area (Å²) < 4.78 is 10.9. The number of ether oxygens (including phenoxy) is 2. The van der Waals surface area contributed by atoms with Crippen LogP contribution in [0.4, 0.5) is 0 Å². The van der Waals surface area contributed by atoms with Crippen LogP contribution in [0.5, 0.6) is 5.75 Å². The van der Waals surface area contributed by atoms with Crippen LogP contribution in [0.15, 0.2) is 48.5 Å². The first-order valence-corrected chi connectivity index (χ1v) is 16.0. The van der Waals surface area contributed by atoms with Gasteiger partial charge in [-0.05, 0) is 79.5 Å². The fraction of sp³-hybridized carbons (Fsp3) is 0.543. The van der Waals surface area contributed by atoms with E-state index in [2.05, 4.69) is 10.2 Å². The third-order valence-electron chi connectivity index (χ3n) is 10.5. The molecule has 0 radical (unpaired) electrons. The van der Waals surface area contributed by atoms with Gasteiger partial charge in [-0.15, -0.1) is 0 Å². The standard InChI is InChI=1S/C35H43N3O7/c1-44-32(41)27-8-6-24(7-9-27)22-45-29-5-3-2-4-28(29)21-37-10-12-38(13-11-37)31(40)20-36-30(39)19-34-15-25-14-26(16-34)18-35(17-25,23-34)33(42)43/h2-9,25-26H,10-23H2,1H3,(H,36,39)(H,42,43)/t25-,26+,34-,35-. The van der Waals surface area contributed by atoms with Crippen molar-refractivity contribution in [2.75, 3.05) is 39.8 Å². The van der Waals surface area contributed by atoms with Crippen molar-refractivity contribution in [2.45, 2.75) is 58.1 Å². The molecule has 4 bridgehead atoms. The second-order valence-corrected chi connectivity index (χ2v) is 13.7. The monoisotopic (exact) mass is 617 g/mol. The Labute approximate surface area is 264 Å². The van der Waals surface area contributed by atoms with Gasteiger partial charge in [-0.1, -0.05) is 30.3 Å². The van der Waals surface area contributed by atoms with Crippen LogP contribution < -0.4 is 10.1 Å². The molecule has 1 saturated heterocycles. The minimum atomic E-state index is -0.698. The maximum Gasteiger partial charge on any atom is 0.337 e. The molecular weight excluding hydrogens is 574 g/mol. The van der Waals surface area contributed by atoms with E-state index in [9.17, 15) is 24.3 Å². The number of nitrogens with zero attached hydrogens (tertiary/aromatic N) is 2. The Morgan fingerprint density at radius 2 is 1.62 bits per heavy atom. The van der Waals surface area contributed by atoms with Crippen LogP contribution in [-0.2, 0) is 32.3 Å². The lowest BCUT2D eigenvalue weighted by atomic mass is 9.43. The molecule has 240 valence electrons. The Bertz CT molecular complexity index is 1420. The molecule has 45 heavy (non-hydrogen) atoms. The number of carboxylic acid groups (broad SMARTS) is 1. The molecule has 10 nitrogen and oxygen atoms in total. The number of para-hydroxylation sites is 1. The zero-order valence-corrected chi connectivity index (χ0v) is 26.0. The molecule has 0 unspecified atom stereocenters. The highest BCUT2D eigenvalue weighted by molar-refractivity contribution is 5.89. The molecule has 5 fully saturated rings. The van der Waals surface area contributed by atoms with Gasteiger partial charge in [0.25, 0.3) is 0 Å². The molecular formula is C35H43N3O7. The first-order valence-electron chi connectivity index (χ1n) is 16.0. The Hall–Kier alpha value is -3.92. The maximum absolute atomic E-state index is 13.0. The summed E-state index contributed by atoms with van der Waals surface area (Å²) in [5, 5.41) is 12.8. The van der Waals surface area contributed by atoms with Crippen molar-refractivity contribution in [2.24, 2.45) is 22.7 Å². The number of esters is 1. The summed E-state index contributed by atoms with van der Waals surface area (Å²) in [4.78, 5) is 53.9. The third kappa shape index (κ3) is 6.85. The van der Waals surface area contributed by atoms with Crippen LogP contribution in [0.2, 0.25) is 0 Å². The van der Waals surface area contributed by atoms with Crippen LogP contribution in [0, 0.1) is 22.7 Å². The lowest BCUT2D eigenvalue weighted by Crippen LogP contribution is -2.56. The topological polar surface area (TPSA) is 125 Å². The zero-order valence-electron chi connectivity index (χ0n) is 26.0. The quantitative estimate of drug-likeness (QED) is 0.364. The number of rotatable bonds is 11. The lowest BCUT2D eigenvalue weighted by molar-refractivity contribution is -0.176. The fourth-order valence-electron chi connectivity index (χ4n) is 8.79. The molecule has 2 aromatic rings. The van der Waals surface area contributed by atoms with Crippen molar-refractivity contribution in [1.29, 1.82) is 0 Å². The summed E-state index contributed by atoms with van der Waals surface area (Å²) in [5.41, 5.74) is 1.60. The molecule has 4 saturated carbocycles. The van der Waals surface area contributed by atoms with Gasteiger partial charge in [-0.25, -0.2) is 4.79 Å². The third-order valence-corrected chi connectivity index (χ3v) is 10.5. The van der Waals surface area contributed by atoms with Gasteiger partial charge >= 0.3 is 11.9 Å². The molecule has 1 aliphatic heterocycles. The number of aliphatic carboxylic acids is 1. The predicted octanol–water partition coefficient (Wildman–Crippen LogP) is 3.87. The number of piperazine rings is 1. The number of methoxy groups -OCH3 is 1. The van der Waals surface area contributed by atoms with Crippen LogP contribution in [-0.4, -0.2) is 78.5 Å². The molecule has 0 aromatic heterocycles. The van der Waals surface area contributed by atoms with Gasteiger partial charge in [0.05, 0.1) is 24.6 Å². The summed E-state index contributed by atoms with van der Waals surface area (Å²) in [5.74, 6) is 0.304. The normalized spacial score (nSPS) is 27.2. The van der Waals surface area contributed by atoms with Crippen molar-refractivity contribution in [1.82, 2.24) is 15.1 Å². The highest BCUT2D eigenvalue weighted by Gasteiger charge is 2.61. The Morgan fingerprint density at radius 1 is 0.933 bits per heavy atom. The van der Waals surface area contributed by atoms with Gasteiger partial charge < -0.3 is 24.8 Å². The molecule has 1 heterocycles. The van der Waals surface area contributed by atoms with Gasteiger partial charge in [0, 0.05) is 44.7 Å². The van der Waals surface area contributed by atoms with Crippen molar-refractivity contribution in [3.63, 3.8) is 0 Å². The van der Waals surface area contributed by atoms with Crippen molar-refractivity contribution in [3.05, 3.63) is 65.2 Å². The Morgan fingerprint density at radius 3 is 2.29 bits per heavy atom. The van der Waals surface area contributed by atoms with E-state index in [4.69, 9.17) is 9.47 Å². The van der Waals surface area contributed by atoms with Crippen LogP contribution in [0.1, 0.15) is 66.4 Å². The minimum absolute atomic E-state index is 0.0247. The largest absolute Gasteiger partial charge is 0.489 e. The number of nitrogens with one attached hydrogen (secondary N) is 1. The Balaban J connectivity index is 0.948. The highest BCUT2D eigenvalue weighted by Crippen LogP contribution is 2.66. The fourth-order valence-corrected chi connectivity index (χ4v) is 8.79. The van der Waals surface area contributed by atoms with Gasteiger partial charge in [0.1, 0.15) is 12.4 Å². The van der Waals surface area contributed by atoms with E-state index in [1.54, 1.807) is 17.0 Å².